The smallest absolute Gasteiger partial charge is 0.220 e. The van der Waals surface area contributed by atoms with Crippen LogP contribution in [-0.2, 0) is 4.79 Å². The second kappa shape index (κ2) is 9.58. The first-order chi connectivity index (χ1) is 10.1. The molecule has 0 aromatic heterocycles. The minimum Gasteiger partial charge on any atom is -0.489 e. The summed E-state index contributed by atoms with van der Waals surface area (Å²) in [5.41, 5.74) is 0. The van der Waals surface area contributed by atoms with Crippen LogP contribution in [0.1, 0.15) is 19.3 Å². The van der Waals surface area contributed by atoms with Crippen molar-refractivity contribution in [2.45, 2.75) is 19.3 Å². The van der Waals surface area contributed by atoms with Gasteiger partial charge in [0.1, 0.15) is 12.4 Å². The third kappa shape index (κ3) is 6.15. The van der Waals surface area contributed by atoms with Crippen LogP contribution in [0.2, 0.25) is 0 Å². The van der Waals surface area contributed by atoms with Gasteiger partial charge in [-0.25, -0.2) is 8.78 Å². The summed E-state index contributed by atoms with van der Waals surface area (Å²) in [4.78, 5) is 11.6. The van der Waals surface area contributed by atoms with Crippen molar-refractivity contribution in [1.29, 1.82) is 0 Å². The Balaban J connectivity index is 0.00000242. The summed E-state index contributed by atoms with van der Waals surface area (Å²) in [7, 11) is 0. The number of amides is 1. The van der Waals surface area contributed by atoms with E-state index in [0.29, 0.717) is 18.9 Å². The number of benzene rings is 1. The molecule has 1 aliphatic rings. The first-order valence-electron chi connectivity index (χ1n) is 7.20. The van der Waals surface area contributed by atoms with Crippen LogP contribution in [0.5, 0.6) is 5.75 Å². The van der Waals surface area contributed by atoms with E-state index >= 15 is 0 Å². The lowest BCUT2D eigenvalue weighted by Crippen LogP contribution is -2.28. The Bertz CT molecular complexity index is 483. The van der Waals surface area contributed by atoms with Crippen LogP contribution in [0.3, 0.4) is 0 Å². The van der Waals surface area contributed by atoms with Gasteiger partial charge in [0, 0.05) is 12.5 Å². The van der Waals surface area contributed by atoms with Crippen molar-refractivity contribution in [3.8, 4) is 5.75 Å². The monoisotopic (exact) mass is 334 g/mol. The summed E-state index contributed by atoms with van der Waals surface area (Å²) in [6, 6.07) is 3.13. The molecule has 0 bridgehead atoms. The van der Waals surface area contributed by atoms with E-state index in [1.807, 2.05) is 0 Å². The Hall–Kier alpha value is -1.40. The predicted octanol–water partition coefficient (Wildman–Crippen LogP) is 2.27. The maximum atomic E-state index is 13.3. The van der Waals surface area contributed by atoms with E-state index in [2.05, 4.69) is 10.6 Å². The van der Waals surface area contributed by atoms with E-state index in [-0.39, 0.29) is 30.7 Å². The maximum absolute atomic E-state index is 13.3. The van der Waals surface area contributed by atoms with Crippen molar-refractivity contribution in [2.24, 2.45) is 5.92 Å². The van der Waals surface area contributed by atoms with Gasteiger partial charge in [-0.05, 0) is 44.0 Å². The van der Waals surface area contributed by atoms with Crippen molar-refractivity contribution in [3.63, 3.8) is 0 Å². The van der Waals surface area contributed by atoms with Gasteiger partial charge in [0.05, 0.1) is 6.54 Å². The van der Waals surface area contributed by atoms with Crippen LogP contribution in [-0.4, -0.2) is 32.1 Å². The van der Waals surface area contributed by atoms with Gasteiger partial charge in [-0.15, -0.1) is 12.4 Å². The fraction of sp³-hybridized carbons (Fsp3) is 0.533. The molecule has 124 valence electrons. The zero-order chi connectivity index (χ0) is 15.1. The van der Waals surface area contributed by atoms with Gasteiger partial charge in [-0.3, -0.25) is 4.79 Å². The van der Waals surface area contributed by atoms with Gasteiger partial charge in [0.25, 0.3) is 0 Å². The summed E-state index contributed by atoms with van der Waals surface area (Å²) in [6.07, 6.45) is 2.50. The Kier molecular flexibility index (Phi) is 8.12. The first kappa shape index (κ1) is 18.6. The van der Waals surface area contributed by atoms with Crippen molar-refractivity contribution < 1.29 is 18.3 Å². The van der Waals surface area contributed by atoms with Crippen molar-refractivity contribution in [3.05, 3.63) is 29.8 Å². The molecule has 1 aliphatic heterocycles. The zero-order valence-electron chi connectivity index (χ0n) is 12.2. The maximum Gasteiger partial charge on any atom is 0.220 e. The van der Waals surface area contributed by atoms with E-state index in [1.54, 1.807) is 0 Å². The fourth-order valence-electron chi connectivity index (χ4n) is 2.33. The fourth-order valence-corrected chi connectivity index (χ4v) is 2.33. The molecular weight excluding hydrogens is 314 g/mol. The van der Waals surface area contributed by atoms with Crippen LogP contribution < -0.4 is 15.4 Å². The van der Waals surface area contributed by atoms with Crippen LogP contribution in [0.4, 0.5) is 8.78 Å². The minimum absolute atomic E-state index is 0. The molecule has 1 unspecified atom stereocenters. The molecule has 1 heterocycles. The molecule has 1 fully saturated rings. The number of carbonyl (C=O) groups is 1. The van der Waals surface area contributed by atoms with Gasteiger partial charge in [-0.2, -0.15) is 0 Å². The molecule has 1 amide bonds. The third-order valence-electron chi connectivity index (χ3n) is 3.52. The lowest BCUT2D eigenvalue weighted by atomic mass is 10.0. The predicted molar refractivity (Wildman–Crippen MR) is 82.3 cm³/mol. The van der Waals surface area contributed by atoms with Crippen molar-refractivity contribution >= 4 is 18.3 Å². The van der Waals surface area contributed by atoms with E-state index < -0.39 is 11.6 Å². The Morgan fingerprint density at radius 3 is 2.91 bits per heavy atom. The molecule has 0 radical (unpaired) electrons. The van der Waals surface area contributed by atoms with Crippen LogP contribution in [0.25, 0.3) is 0 Å². The van der Waals surface area contributed by atoms with E-state index in [4.69, 9.17) is 4.74 Å². The number of halogens is 3. The first-order valence-corrected chi connectivity index (χ1v) is 7.20. The highest BCUT2D eigenvalue weighted by molar-refractivity contribution is 5.85. The lowest BCUT2D eigenvalue weighted by Gasteiger charge is -2.10. The summed E-state index contributed by atoms with van der Waals surface area (Å²) < 4.78 is 31.1. The largest absolute Gasteiger partial charge is 0.489 e. The molecule has 2 N–H and O–H groups in total. The van der Waals surface area contributed by atoms with Gasteiger partial charge in [0.15, 0.2) is 11.6 Å². The van der Waals surface area contributed by atoms with E-state index in [0.717, 1.165) is 38.1 Å². The quantitative estimate of drug-likeness (QED) is 0.752. The zero-order valence-corrected chi connectivity index (χ0v) is 13.1. The molecule has 2 rings (SSSR count). The van der Waals surface area contributed by atoms with Crippen LogP contribution in [0.15, 0.2) is 18.2 Å². The molecule has 0 spiro atoms. The molecule has 7 heteroatoms. The number of carbonyl (C=O) groups excluding carboxylic acids is 1. The van der Waals surface area contributed by atoms with Gasteiger partial charge in [0.2, 0.25) is 5.91 Å². The second-order valence-electron chi connectivity index (χ2n) is 5.17. The molecule has 0 saturated carbocycles. The lowest BCUT2D eigenvalue weighted by molar-refractivity contribution is -0.121. The second-order valence-corrected chi connectivity index (χ2v) is 5.17. The molecule has 22 heavy (non-hydrogen) atoms. The van der Waals surface area contributed by atoms with Gasteiger partial charge in [-0.1, -0.05) is 0 Å². The van der Waals surface area contributed by atoms with Crippen LogP contribution >= 0.6 is 12.4 Å². The molecule has 1 atom stereocenters. The number of hydrogen-bond acceptors (Lipinski definition) is 3. The molecule has 1 saturated heterocycles. The van der Waals surface area contributed by atoms with Gasteiger partial charge < -0.3 is 15.4 Å². The molecule has 1 aromatic rings. The molecule has 0 aliphatic carbocycles. The summed E-state index contributed by atoms with van der Waals surface area (Å²) >= 11 is 0. The number of hydrogen-bond donors (Lipinski definition) is 2. The third-order valence-corrected chi connectivity index (χ3v) is 3.52. The summed E-state index contributed by atoms with van der Waals surface area (Å²) in [6.45, 7) is 2.47. The number of ether oxygens (including phenoxy) is 1. The Morgan fingerprint density at radius 1 is 1.41 bits per heavy atom. The molecule has 4 nitrogen and oxygen atoms in total. The average molecular weight is 335 g/mol. The highest BCUT2D eigenvalue weighted by Crippen LogP contribution is 2.17. The van der Waals surface area contributed by atoms with Crippen molar-refractivity contribution in [2.75, 3.05) is 26.2 Å². The van der Waals surface area contributed by atoms with E-state index in [9.17, 15) is 13.6 Å². The summed E-state index contributed by atoms with van der Waals surface area (Å²) in [5.74, 6) is -0.835. The highest BCUT2D eigenvalue weighted by Gasteiger charge is 2.15. The normalized spacial score (nSPS) is 16.9. The van der Waals surface area contributed by atoms with Crippen molar-refractivity contribution in [1.82, 2.24) is 10.6 Å². The minimum atomic E-state index is -0.741. The highest BCUT2D eigenvalue weighted by atomic mass is 35.5. The average Bonchev–Trinajstić information content (AvgIpc) is 2.96. The molecule has 1 aromatic carbocycles. The summed E-state index contributed by atoms with van der Waals surface area (Å²) in [5, 5.41) is 5.99. The Labute approximate surface area is 135 Å². The molecular formula is C15H21ClF2N2O2. The standard InChI is InChI=1S/C15H20F2N2O2.ClH/c16-12-2-3-14(13(17)9-12)21-8-7-19-15(20)4-1-11-5-6-18-10-11;/h2-3,9,11,18H,1,4-8,10H2,(H,19,20);1H. The topological polar surface area (TPSA) is 50.4 Å². The number of rotatable bonds is 7. The van der Waals surface area contributed by atoms with Gasteiger partial charge >= 0.3 is 0 Å². The van der Waals surface area contributed by atoms with E-state index in [1.165, 1.54) is 6.07 Å². The SMILES string of the molecule is Cl.O=C(CCC1CCNC1)NCCOc1ccc(F)cc1F. The van der Waals surface area contributed by atoms with Crippen LogP contribution in [0, 0.1) is 17.6 Å². The Morgan fingerprint density at radius 2 is 2.23 bits per heavy atom. The number of nitrogens with one attached hydrogen (secondary N) is 2.